The van der Waals surface area contributed by atoms with E-state index in [1.54, 1.807) is 0 Å². The summed E-state index contributed by atoms with van der Waals surface area (Å²) in [6, 6.07) is -1.30. The Morgan fingerprint density at radius 1 is 1.24 bits per heavy atom. The summed E-state index contributed by atoms with van der Waals surface area (Å²) in [7, 11) is 0. The highest BCUT2D eigenvalue weighted by molar-refractivity contribution is 6.00. The Balaban J connectivity index is 1.56. The molecule has 13 heteroatoms. The normalized spacial score (nSPS) is 42.9. The molecule has 13 nitrogen and oxygen atoms in total. The van der Waals surface area contributed by atoms with E-state index in [2.05, 4.69) is 11.9 Å². The van der Waals surface area contributed by atoms with Crippen molar-refractivity contribution in [3.8, 4) is 0 Å². The lowest BCUT2D eigenvalue weighted by Gasteiger charge is -2.49. The summed E-state index contributed by atoms with van der Waals surface area (Å²) in [4.78, 5) is 37.9. The molecule has 4 aliphatic rings. The number of nitrogens with one attached hydrogen (secondary N) is 1. The van der Waals surface area contributed by atoms with Crippen LogP contribution in [0.3, 0.4) is 0 Å². The smallest absolute Gasteiger partial charge is 0.327 e. The number of hydrogen-bond donors (Lipinski definition) is 6. The molecule has 4 heterocycles. The molecule has 182 valence electrons. The summed E-state index contributed by atoms with van der Waals surface area (Å²) in [6.45, 7) is 3.12. The third-order valence-electron chi connectivity index (χ3n) is 6.52. The largest absolute Gasteiger partial charge is 0.480 e. The van der Waals surface area contributed by atoms with Crippen LogP contribution in [-0.4, -0.2) is 104 Å². The van der Waals surface area contributed by atoms with Gasteiger partial charge in [0.2, 0.25) is 12.2 Å². The van der Waals surface area contributed by atoms with Gasteiger partial charge in [-0.2, -0.15) is 0 Å². The molecule has 6 N–H and O–H groups in total. The number of amides is 2. The van der Waals surface area contributed by atoms with Gasteiger partial charge in [-0.15, -0.1) is 6.58 Å². The van der Waals surface area contributed by atoms with Crippen molar-refractivity contribution in [3.63, 3.8) is 0 Å². The second-order valence-corrected chi connectivity index (χ2v) is 8.42. The number of aliphatic hydroxyl groups excluding tert-OH is 4. The standard InChI is InChI=1S/C20H26N2O11/c1-2-7-8-3-12-21-13(24)4-10(18(29)30)22(12)17(28)9(8)6-31-19(7)33-20-16(27)15(26)14(25)11(5-23)32-20/h2,6-8,10-12,14-16,19-20,23,25-27H,1,3-5H2,(H,21,24)(H,29,30)/t7-,8+,10+,11-,12-,14-,15+,16-,19+,20+/m1/s1. The number of carbonyl (C=O) groups is 3. The number of carboxylic acids is 1. The molecule has 0 spiro atoms. The lowest BCUT2D eigenvalue weighted by atomic mass is 9.76. The predicted octanol–water partition coefficient (Wildman–Crippen LogP) is -3.01. The zero-order valence-electron chi connectivity index (χ0n) is 17.4. The Morgan fingerprint density at radius 3 is 2.61 bits per heavy atom. The number of aliphatic hydroxyl groups is 4. The Hall–Kier alpha value is -2.55. The zero-order valence-corrected chi connectivity index (χ0v) is 17.4. The van der Waals surface area contributed by atoms with Crippen LogP contribution in [-0.2, 0) is 28.6 Å². The molecule has 33 heavy (non-hydrogen) atoms. The maximum Gasteiger partial charge on any atom is 0.327 e. The Kier molecular flexibility index (Phi) is 6.44. The first kappa shape index (κ1) is 23.6. The second-order valence-electron chi connectivity index (χ2n) is 8.42. The summed E-state index contributed by atoms with van der Waals surface area (Å²) in [6.07, 6.45) is -7.06. The maximum atomic E-state index is 13.1. The zero-order chi connectivity index (χ0) is 24.0. The van der Waals surface area contributed by atoms with Gasteiger partial charge in [0.1, 0.15) is 36.6 Å². The predicted molar refractivity (Wildman–Crippen MR) is 104 cm³/mol. The van der Waals surface area contributed by atoms with Crippen LogP contribution in [0.4, 0.5) is 0 Å². The van der Waals surface area contributed by atoms with Crippen molar-refractivity contribution in [3.05, 3.63) is 24.5 Å². The van der Waals surface area contributed by atoms with Gasteiger partial charge in [-0.25, -0.2) is 4.79 Å². The molecule has 0 radical (unpaired) electrons. The average Bonchev–Trinajstić information content (AvgIpc) is 2.78. The van der Waals surface area contributed by atoms with E-state index in [4.69, 9.17) is 14.2 Å². The number of aliphatic carboxylic acids is 1. The molecule has 0 aliphatic carbocycles. The molecule has 10 atom stereocenters. The van der Waals surface area contributed by atoms with Crippen LogP contribution in [0.5, 0.6) is 0 Å². The van der Waals surface area contributed by atoms with Crippen molar-refractivity contribution in [1.29, 1.82) is 0 Å². The molecule has 0 saturated carbocycles. The number of rotatable bonds is 5. The molecule has 0 aromatic rings. The van der Waals surface area contributed by atoms with Crippen LogP contribution in [0.2, 0.25) is 0 Å². The molecule has 3 fully saturated rings. The first-order chi connectivity index (χ1) is 15.7. The average molecular weight is 470 g/mol. The van der Waals surface area contributed by atoms with Gasteiger partial charge >= 0.3 is 5.97 Å². The number of hydrogen-bond acceptors (Lipinski definition) is 10. The Morgan fingerprint density at radius 2 is 1.97 bits per heavy atom. The number of piperidine rings is 1. The summed E-state index contributed by atoms with van der Waals surface area (Å²) in [5.41, 5.74) is 0.187. The van der Waals surface area contributed by atoms with Crippen molar-refractivity contribution >= 4 is 17.8 Å². The van der Waals surface area contributed by atoms with Crippen molar-refractivity contribution in [2.45, 2.75) is 62.0 Å². The maximum absolute atomic E-state index is 13.1. The molecule has 4 aliphatic heterocycles. The Bertz CT molecular complexity index is 861. The highest BCUT2D eigenvalue weighted by Gasteiger charge is 2.53. The minimum atomic E-state index is -1.65. The van der Waals surface area contributed by atoms with Gasteiger partial charge in [0, 0.05) is 11.8 Å². The van der Waals surface area contributed by atoms with Crippen molar-refractivity contribution in [2.24, 2.45) is 11.8 Å². The highest BCUT2D eigenvalue weighted by Crippen LogP contribution is 2.42. The first-order valence-corrected chi connectivity index (χ1v) is 10.5. The number of nitrogens with zero attached hydrogens (tertiary/aromatic N) is 1. The van der Waals surface area contributed by atoms with Gasteiger partial charge in [0.15, 0.2) is 6.29 Å². The number of carboxylic acid groups (broad SMARTS) is 1. The SMILES string of the molecule is C=C[C@H]1[C@H](O[C@@H]2O[C@H](CO)[C@@H](O)[C@H](O)[C@H]2O)OC=C2C(=O)N3[C@H](C[C@H]21)NC(=O)C[C@H]3C(=O)O. The number of fused-ring (bicyclic) bond motifs is 2. The lowest BCUT2D eigenvalue weighted by Crippen LogP contribution is -2.67. The van der Waals surface area contributed by atoms with Gasteiger partial charge in [-0.3, -0.25) is 9.59 Å². The van der Waals surface area contributed by atoms with Crippen LogP contribution >= 0.6 is 0 Å². The molecule has 3 saturated heterocycles. The van der Waals surface area contributed by atoms with Gasteiger partial charge in [0.05, 0.1) is 24.9 Å². The fourth-order valence-electron chi connectivity index (χ4n) is 4.78. The topological polar surface area (TPSA) is 195 Å². The number of ether oxygens (including phenoxy) is 3. The van der Waals surface area contributed by atoms with E-state index in [0.717, 1.165) is 11.2 Å². The molecular formula is C20H26N2O11. The Labute approximate surface area is 187 Å². The molecule has 0 unspecified atom stereocenters. The minimum Gasteiger partial charge on any atom is -0.480 e. The van der Waals surface area contributed by atoms with E-state index in [0.29, 0.717) is 0 Å². The van der Waals surface area contributed by atoms with E-state index in [9.17, 15) is 39.9 Å². The third kappa shape index (κ3) is 4.00. The van der Waals surface area contributed by atoms with Crippen molar-refractivity contribution < 1.29 is 54.1 Å². The minimum absolute atomic E-state index is 0.168. The summed E-state index contributed by atoms with van der Waals surface area (Å²) in [5, 5.41) is 51.6. The van der Waals surface area contributed by atoms with Crippen LogP contribution in [0.15, 0.2) is 24.5 Å². The fourth-order valence-corrected chi connectivity index (χ4v) is 4.78. The highest BCUT2D eigenvalue weighted by atomic mass is 16.8. The van der Waals surface area contributed by atoms with E-state index < -0.39 is 85.4 Å². The van der Waals surface area contributed by atoms with E-state index in [-0.39, 0.29) is 18.4 Å². The van der Waals surface area contributed by atoms with Gasteiger partial charge in [-0.05, 0) is 6.42 Å². The van der Waals surface area contributed by atoms with Crippen LogP contribution in [0.25, 0.3) is 0 Å². The quantitative estimate of drug-likeness (QED) is 0.224. The summed E-state index contributed by atoms with van der Waals surface area (Å²) >= 11 is 0. The van der Waals surface area contributed by atoms with E-state index >= 15 is 0 Å². The number of carbonyl (C=O) groups excluding carboxylic acids is 2. The van der Waals surface area contributed by atoms with Crippen molar-refractivity contribution in [1.82, 2.24) is 10.2 Å². The van der Waals surface area contributed by atoms with Gasteiger partial charge < -0.3 is 50.0 Å². The van der Waals surface area contributed by atoms with Crippen LogP contribution in [0.1, 0.15) is 12.8 Å². The molecule has 0 bridgehead atoms. The summed E-state index contributed by atoms with van der Waals surface area (Å²) in [5.74, 6) is -3.61. The first-order valence-electron chi connectivity index (χ1n) is 10.5. The molecule has 4 rings (SSSR count). The van der Waals surface area contributed by atoms with Crippen molar-refractivity contribution in [2.75, 3.05) is 6.61 Å². The molecule has 0 aromatic carbocycles. The fraction of sp³-hybridized carbons (Fsp3) is 0.650. The van der Waals surface area contributed by atoms with Gasteiger partial charge in [0.25, 0.3) is 5.91 Å². The monoisotopic (exact) mass is 470 g/mol. The molecular weight excluding hydrogens is 444 g/mol. The summed E-state index contributed by atoms with van der Waals surface area (Å²) < 4.78 is 16.6. The second kappa shape index (κ2) is 9.00. The van der Waals surface area contributed by atoms with E-state index in [1.165, 1.54) is 6.08 Å². The lowest BCUT2D eigenvalue weighted by molar-refractivity contribution is -0.339. The van der Waals surface area contributed by atoms with E-state index in [1.807, 2.05) is 0 Å². The molecule has 2 amide bonds. The van der Waals surface area contributed by atoms with Crippen LogP contribution in [0, 0.1) is 11.8 Å². The van der Waals surface area contributed by atoms with Gasteiger partial charge in [-0.1, -0.05) is 6.08 Å². The molecule has 0 aromatic heterocycles. The third-order valence-corrected chi connectivity index (χ3v) is 6.52. The van der Waals surface area contributed by atoms with Crippen LogP contribution < -0.4 is 5.32 Å².